The van der Waals surface area contributed by atoms with Gasteiger partial charge in [0.1, 0.15) is 0 Å². The van der Waals surface area contributed by atoms with E-state index in [2.05, 4.69) is 6.92 Å². The highest BCUT2D eigenvalue weighted by molar-refractivity contribution is 5.72. The molecular formula is C23H34O6. The van der Waals surface area contributed by atoms with E-state index in [1.807, 2.05) is 0 Å². The van der Waals surface area contributed by atoms with Gasteiger partial charge in [0.15, 0.2) is 0 Å². The molecule has 0 aromatic carbocycles. The third-order valence-electron chi connectivity index (χ3n) is 10.8. The zero-order valence-electron chi connectivity index (χ0n) is 17.3. The molecule has 6 aliphatic rings. The van der Waals surface area contributed by atoms with E-state index in [0.29, 0.717) is 38.0 Å². The lowest BCUT2D eigenvalue weighted by atomic mass is 9.41. The molecule has 4 saturated carbocycles. The second-order valence-corrected chi connectivity index (χ2v) is 11.3. The fourth-order valence-electron chi connectivity index (χ4n) is 9.51. The number of hydrogen-bond acceptors (Lipinski definition) is 6. The van der Waals surface area contributed by atoms with Crippen molar-refractivity contribution in [2.45, 2.75) is 94.7 Å². The number of fused-ring (bicyclic) bond motifs is 5. The van der Waals surface area contributed by atoms with Crippen molar-refractivity contribution in [3.05, 3.63) is 0 Å². The number of carbonyl (C=O) groups is 1. The standard InChI is InChI=1S/C23H34O6/c1-20-6-3-16-17(4-8-22(27)11-13(25)2-7-21(16,22)12-24)23(20)9-5-15(20)14-10-18(26)28-19(14)29-23/h13-17,19,24-25,27H,2-12H2,1H3/t13-,14-,15-,16+,17-,19+,20+,21-,22+,23-/m0/s1. The van der Waals surface area contributed by atoms with Gasteiger partial charge < -0.3 is 24.8 Å². The molecule has 3 N–H and O–H groups in total. The summed E-state index contributed by atoms with van der Waals surface area (Å²) in [5, 5.41) is 32.5. The summed E-state index contributed by atoms with van der Waals surface area (Å²) in [6.45, 7) is 2.34. The number of rotatable bonds is 1. The molecular weight excluding hydrogens is 372 g/mol. The Kier molecular flexibility index (Phi) is 3.78. The monoisotopic (exact) mass is 406 g/mol. The van der Waals surface area contributed by atoms with Crippen molar-refractivity contribution in [2.24, 2.45) is 34.5 Å². The Morgan fingerprint density at radius 3 is 2.59 bits per heavy atom. The molecule has 0 radical (unpaired) electrons. The second-order valence-electron chi connectivity index (χ2n) is 11.3. The molecule has 0 spiro atoms. The largest absolute Gasteiger partial charge is 0.435 e. The van der Waals surface area contributed by atoms with E-state index in [9.17, 15) is 20.1 Å². The molecule has 0 aromatic heterocycles. The predicted molar refractivity (Wildman–Crippen MR) is 102 cm³/mol. The summed E-state index contributed by atoms with van der Waals surface area (Å²) in [4.78, 5) is 12.0. The molecule has 2 heterocycles. The number of hydrogen-bond donors (Lipinski definition) is 3. The quantitative estimate of drug-likeness (QED) is 0.578. The molecule has 0 unspecified atom stereocenters. The van der Waals surface area contributed by atoms with Crippen molar-refractivity contribution < 1.29 is 29.6 Å². The van der Waals surface area contributed by atoms with Gasteiger partial charge in [-0.3, -0.25) is 4.79 Å². The smallest absolute Gasteiger partial charge is 0.308 e. The van der Waals surface area contributed by atoms with Gasteiger partial charge in [0.2, 0.25) is 6.29 Å². The van der Waals surface area contributed by atoms with Gasteiger partial charge in [0, 0.05) is 23.2 Å². The van der Waals surface area contributed by atoms with Gasteiger partial charge in [0.25, 0.3) is 0 Å². The van der Waals surface area contributed by atoms with Crippen LogP contribution in [-0.4, -0.2) is 51.5 Å². The van der Waals surface area contributed by atoms with Crippen LogP contribution in [0.5, 0.6) is 0 Å². The van der Waals surface area contributed by atoms with Gasteiger partial charge in [-0.25, -0.2) is 0 Å². The summed E-state index contributed by atoms with van der Waals surface area (Å²) in [6, 6.07) is 0. The first-order valence-corrected chi connectivity index (χ1v) is 11.7. The summed E-state index contributed by atoms with van der Waals surface area (Å²) >= 11 is 0. The first-order chi connectivity index (χ1) is 13.8. The third kappa shape index (κ3) is 2.05. The van der Waals surface area contributed by atoms with Crippen molar-refractivity contribution >= 4 is 5.97 Å². The van der Waals surface area contributed by atoms with Crippen molar-refractivity contribution in [2.75, 3.05) is 6.61 Å². The van der Waals surface area contributed by atoms with Gasteiger partial charge in [-0.2, -0.15) is 0 Å². The van der Waals surface area contributed by atoms with Gasteiger partial charge in [-0.05, 0) is 69.1 Å². The molecule has 29 heavy (non-hydrogen) atoms. The minimum atomic E-state index is -1.00. The van der Waals surface area contributed by atoms with E-state index in [0.717, 1.165) is 32.1 Å². The van der Waals surface area contributed by atoms with Crippen molar-refractivity contribution in [3.63, 3.8) is 0 Å². The first kappa shape index (κ1) is 19.0. The van der Waals surface area contributed by atoms with Crippen LogP contribution in [0.3, 0.4) is 0 Å². The van der Waals surface area contributed by atoms with Crippen LogP contribution >= 0.6 is 0 Å². The number of carbonyl (C=O) groups excluding carboxylic acids is 1. The second kappa shape index (κ2) is 5.76. The maximum atomic E-state index is 12.0. The van der Waals surface area contributed by atoms with Gasteiger partial charge in [-0.15, -0.1) is 0 Å². The molecule has 6 rings (SSSR count). The molecule has 0 amide bonds. The van der Waals surface area contributed by atoms with Crippen LogP contribution in [0, 0.1) is 34.5 Å². The fraction of sp³-hybridized carbons (Fsp3) is 0.957. The number of esters is 1. The molecule has 2 bridgehead atoms. The van der Waals surface area contributed by atoms with Crippen LogP contribution in [0.4, 0.5) is 0 Å². The molecule has 0 aromatic rings. The molecule has 6 heteroatoms. The average Bonchev–Trinajstić information content (AvgIpc) is 3.13. The Morgan fingerprint density at radius 2 is 1.79 bits per heavy atom. The van der Waals surface area contributed by atoms with Crippen LogP contribution in [0.2, 0.25) is 0 Å². The Labute approximate surface area is 172 Å². The van der Waals surface area contributed by atoms with Crippen LogP contribution in [0.15, 0.2) is 0 Å². The van der Waals surface area contributed by atoms with Crippen LogP contribution in [0.1, 0.15) is 71.1 Å². The molecule has 4 aliphatic carbocycles. The highest BCUT2D eigenvalue weighted by Crippen LogP contribution is 2.74. The van der Waals surface area contributed by atoms with Crippen molar-refractivity contribution in [1.29, 1.82) is 0 Å². The summed E-state index contributed by atoms with van der Waals surface area (Å²) in [7, 11) is 0. The summed E-state index contributed by atoms with van der Waals surface area (Å²) in [6.07, 6.45) is 6.76. The molecule has 6 fully saturated rings. The maximum absolute atomic E-state index is 12.0. The minimum absolute atomic E-state index is 0.0313. The number of aliphatic hydroxyl groups excluding tert-OH is 2. The number of aliphatic hydroxyl groups is 3. The first-order valence-electron chi connectivity index (χ1n) is 11.7. The maximum Gasteiger partial charge on any atom is 0.308 e. The predicted octanol–water partition coefficient (Wildman–Crippen LogP) is 2.14. The Bertz CT molecular complexity index is 741. The summed E-state index contributed by atoms with van der Waals surface area (Å²) in [5.74, 6) is 0.935. The Morgan fingerprint density at radius 1 is 1.03 bits per heavy atom. The molecule has 10 atom stereocenters. The van der Waals surface area contributed by atoms with Crippen molar-refractivity contribution in [1.82, 2.24) is 0 Å². The molecule has 2 aliphatic heterocycles. The minimum Gasteiger partial charge on any atom is -0.435 e. The Balaban J connectivity index is 1.42. The van der Waals surface area contributed by atoms with Gasteiger partial charge in [0.05, 0.1) is 30.3 Å². The zero-order valence-corrected chi connectivity index (χ0v) is 17.3. The molecule has 6 nitrogen and oxygen atoms in total. The van der Waals surface area contributed by atoms with Gasteiger partial charge >= 0.3 is 5.97 Å². The normalized spacial score (nSPS) is 60.6. The zero-order chi connectivity index (χ0) is 20.2. The highest BCUT2D eigenvalue weighted by atomic mass is 16.7. The van der Waals surface area contributed by atoms with E-state index >= 15 is 0 Å². The van der Waals surface area contributed by atoms with Crippen molar-refractivity contribution in [3.8, 4) is 0 Å². The van der Waals surface area contributed by atoms with Crippen LogP contribution in [-0.2, 0) is 14.3 Å². The molecule has 162 valence electrons. The average molecular weight is 407 g/mol. The summed E-state index contributed by atoms with van der Waals surface area (Å²) in [5.41, 5.74) is -1.86. The van der Waals surface area contributed by atoms with E-state index < -0.39 is 23.4 Å². The number of ether oxygens (including phenoxy) is 2. The third-order valence-corrected chi connectivity index (χ3v) is 10.8. The van der Waals surface area contributed by atoms with E-state index in [1.165, 1.54) is 0 Å². The lowest BCUT2D eigenvalue weighted by Gasteiger charge is -2.68. The Hall–Kier alpha value is -0.690. The lowest BCUT2D eigenvalue weighted by molar-refractivity contribution is -0.335. The van der Waals surface area contributed by atoms with Gasteiger partial charge in [-0.1, -0.05) is 6.92 Å². The van der Waals surface area contributed by atoms with E-state index in [1.54, 1.807) is 0 Å². The highest BCUT2D eigenvalue weighted by Gasteiger charge is 2.75. The topological polar surface area (TPSA) is 96.2 Å². The summed E-state index contributed by atoms with van der Waals surface area (Å²) < 4.78 is 12.4. The van der Waals surface area contributed by atoms with E-state index in [-0.39, 0.29) is 41.3 Å². The lowest BCUT2D eigenvalue weighted by Crippen LogP contribution is -2.71. The SMILES string of the molecule is C[C@]12CC[C@@H]3[C@H](CC[C@@]4(O)C[C@@H](O)CC[C@]34CO)[C@@]13CC[C@H]2[C@@H]1CC(=O)O[C@@H]1O3. The molecule has 2 saturated heterocycles. The fourth-order valence-corrected chi connectivity index (χ4v) is 9.51. The van der Waals surface area contributed by atoms with Crippen LogP contribution < -0.4 is 0 Å². The van der Waals surface area contributed by atoms with E-state index in [4.69, 9.17) is 9.47 Å². The van der Waals surface area contributed by atoms with Crippen LogP contribution in [0.25, 0.3) is 0 Å².